The van der Waals surface area contributed by atoms with Crippen LogP contribution in [0.1, 0.15) is 12.8 Å². The molecule has 1 aliphatic heterocycles. The molecule has 0 aromatic heterocycles. The standard InChI is InChI=1S/C10H19F3N2O/c1-14-8-9-2-4-15(5-3-9)6-7-16-10(11,12)13/h9,14H,2-8H2,1H3. The molecule has 1 aliphatic rings. The highest BCUT2D eigenvalue weighted by atomic mass is 19.4. The predicted octanol–water partition coefficient (Wildman–Crippen LogP) is 1.45. The fraction of sp³-hybridized carbons (Fsp3) is 1.00. The third-order valence-electron chi connectivity index (χ3n) is 2.87. The molecule has 0 aliphatic carbocycles. The quantitative estimate of drug-likeness (QED) is 0.787. The van der Waals surface area contributed by atoms with Crippen LogP contribution in [0.4, 0.5) is 13.2 Å². The Morgan fingerprint density at radius 3 is 2.44 bits per heavy atom. The van der Waals surface area contributed by atoms with E-state index >= 15 is 0 Å². The molecule has 0 radical (unpaired) electrons. The molecule has 0 unspecified atom stereocenters. The van der Waals surface area contributed by atoms with Gasteiger partial charge in [0, 0.05) is 6.54 Å². The van der Waals surface area contributed by atoms with Crippen molar-refractivity contribution in [3.8, 4) is 0 Å². The number of alkyl halides is 3. The highest BCUT2D eigenvalue weighted by Crippen LogP contribution is 2.18. The van der Waals surface area contributed by atoms with E-state index in [1.165, 1.54) is 0 Å². The first-order valence-electron chi connectivity index (χ1n) is 5.59. The van der Waals surface area contributed by atoms with Crippen LogP contribution in [0.25, 0.3) is 0 Å². The molecule has 6 heteroatoms. The van der Waals surface area contributed by atoms with Crippen molar-refractivity contribution in [2.24, 2.45) is 5.92 Å². The molecule has 96 valence electrons. The SMILES string of the molecule is CNCC1CCN(CCOC(F)(F)F)CC1. The van der Waals surface area contributed by atoms with Crippen LogP contribution in [-0.2, 0) is 4.74 Å². The van der Waals surface area contributed by atoms with Gasteiger partial charge >= 0.3 is 6.36 Å². The highest BCUT2D eigenvalue weighted by molar-refractivity contribution is 4.73. The average molecular weight is 240 g/mol. The lowest BCUT2D eigenvalue weighted by Crippen LogP contribution is -2.38. The van der Waals surface area contributed by atoms with Gasteiger partial charge in [0.2, 0.25) is 0 Å². The normalized spacial score (nSPS) is 20.2. The van der Waals surface area contributed by atoms with Gasteiger partial charge in [-0.25, -0.2) is 0 Å². The van der Waals surface area contributed by atoms with Gasteiger partial charge in [-0.3, -0.25) is 4.74 Å². The lowest BCUT2D eigenvalue weighted by Gasteiger charge is -2.31. The number of halogens is 3. The molecule has 0 saturated carbocycles. The second kappa shape index (κ2) is 6.42. The van der Waals surface area contributed by atoms with Crippen molar-refractivity contribution in [2.75, 3.05) is 39.8 Å². The van der Waals surface area contributed by atoms with E-state index in [2.05, 4.69) is 10.1 Å². The van der Waals surface area contributed by atoms with Crippen LogP contribution < -0.4 is 5.32 Å². The summed E-state index contributed by atoms with van der Waals surface area (Å²) in [5, 5.41) is 3.12. The van der Waals surface area contributed by atoms with Crippen LogP contribution in [0.5, 0.6) is 0 Å². The minimum Gasteiger partial charge on any atom is -0.319 e. The number of nitrogens with one attached hydrogen (secondary N) is 1. The lowest BCUT2D eigenvalue weighted by molar-refractivity contribution is -0.325. The monoisotopic (exact) mass is 240 g/mol. The third-order valence-corrected chi connectivity index (χ3v) is 2.87. The zero-order valence-electron chi connectivity index (χ0n) is 9.52. The maximum Gasteiger partial charge on any atom is 0.522 e. The minimum atomic E-state index is -4.50. The first-order chi connectivity index (χ1) is 7.51. The highest BCUT2D eigenvalue weighted by Gasteiger charge is 2.29. The van der Waals surface area contributed by atoms with Crippen molar-refractivity contribution < 1.29 is 17.9 Å². The number of hydrogen-bond acceptors (Lipinski definition) is 3. The summed E-state index contributed by atoms with van der Waals surface area (Å²) in [6, 6.07) is 0. The Kier molecular flexibility index (Phi) is 5.51. The zero-order chi connectivity index (χ0) is 12.0. The third kappa shape index (κ3) is 5.67. The Bertz CT molecular complexity index is 191. The second-order valence-corrected chi connectivity index (χ2v) is 4.14. The Morgan fingerprint density at radius 2 is 1.94 bits per heavy atom. The second-order valence-electron chi connectivity index (χ2n) is 4.14. The Balaban J connectivity index is 2.08. The van der Waals surface area contributed by atoms with Gasteiger partial charge in [0.05, 0.1) is 6.61 Å². The van der Waals surface area contributed by atoms with Gasteiger partial charge in [-0.1, -0.05) is 0 Å². The Morgan fingerprint density at radius 1 is 1.31 bits per heavy atom. The fourth-order valence-electron chi connectivity index (χ4n) is 1.99. The Labute approximate surface area is 93.9 Å². The summed E-state index contributed by atoms with van der Waals surface area (Å²) in [5.74, 6) is 0.657. The van der Waals surface area contributed by atoms with E-state index in [1.807, 2.05) is 11.9 Å². The summed E-state index contributed by atoms with van der Waals surface area (Å²) in [5.41, 5.74) is 0. The van der Waals surface area contributed by atoms with E-state index in [-0.39, 0.29) is 6.61 Å². The van der Waals surface area contributed by atoms with Crippen molar-refractivity contribution in [2.45, 2.75) is 19.2 Å². The minimum absolute atomic E-state index is 0.264. The maximum atomic E-state index is 11.7. The Hall–Kier alpha value is -0.330. The molecule has 1 saturated heterocycles. The molecule has 0 amide bonds. The first kappa shape index (κ1) is 13.7. The van der Waals surface area contributed by atoms with Gasteiger partial charge in [-0.15, -0.1) is 13.2 Å². The van der Waals surface area contributed by atoms with Crippen molar-refractivity contribution in [1.29, 1.82) is 0 Å². The predicted molar refractivity (Wildman–Crippen MR) is 55.1 cm³/mol. The van der Waals surface area contributed by atoms with E-state index in [1.54, 1.807) is 0 Å². The summed E-state index contributed by atoms with van der Waals surface area (Å²) in [7, 11) is 1.92. The smallest absolute Gasteiger partial charge is 0.319 e. The van der Waals surface area contributed by atoms with Crippen molar-refractivity contribution >= 4 is 0 Å². The van der Waals surface area contributed by atoms with E-state index in [0.29, 0.717) is 12.5 Å². The number of likely N-dealkylation sites (tertiary alicyclic amines) is 1. The molecular formula is C10H19F3N2O. The first-order valence-corrected chi connectivity index (χ1v) is 5.59. The number of nitrogens with zero attached hydrogens (tertiary/aromatic N) is 1. The zero-order valence-corrected chi connectivity index (χ0v) is 9.52. The van der Waals surface area contributed by atoms with Crippen LogP contribution in [0, 0.1) is 5.92 Å². The van der Waals surface area contributed by atoms with Crippen LogP contribution in [0.2, 0.25) is 0 Å². The number of hydrogen-bond donors (Lipinski definition) is 1. The van der Waals surface area contributed by atoms with Gasteiger partial charge in [-0.05, 0) is 45.4 Å². The van der Waals surface area contributed by atoms with E-state index in [9.17, 15) is 13.2 Å². The van der Waals surface area contributed by atoms with Crippen LogP contribution in [0.3, 0.4) is 0 Å². The van der Waals surface area contributed by atoms with Gasteiger partial charge in [0.1, 0.15) is 0 Å². The van der Waals surface area contributed by atoms with Crippen LogP contribution in [0.15, 0.2) is 0 Å². The number of piperidine rings is 1. The van der Waals surface area contributed by atoms with Crippen LogP contribution >= 0.6 is 0 Å². The van der Waals surface area contributed by atoms with Gasteiger partial charge in [0.15, 0.2) is 0 Å². The molecule has 0 atom stereocenters. The summed E-state index contributed by atoms with van der Waals surface area (Å²) < 4.78 is 38.9. The van der Waals surface area contributed by atoms with Gasteiger partial charge < -0.3 is 10.2 Å². The summed E-state index contributed by atoms with van der Waals surface area (Å²) in [6.45, 7) is 2.83. The summed E-state index contributed by atoms with van der Waals surface area (Å²) in [4.78, 5) is 2.03. The largest absolute Gasteiger partial charge is 0.522 e. The molecule has 0 aromatic carbocycles. The molecule has 16 heavy (non-hydrogen) atoms. The van der Waals surface area contributed by atoms with Crippen molar-refractivity contribution in [1.82, 2.24) is 10.2 Å². The van der Waals surface area contributed by atoms with E-state index in [4.69, 9.17) is 0 Å². The number of rotatable bonds is 5. The molecule has 3 nitrogen and oxygen atoms in total. The topological polar surface area (TPSA) is 24.5 Å². The van der Waals surface area contributed by atoms with Crippen LogP contribution in [-0.4, -0.2) is 51.1 Å². The fourth-order valence-corrected chi connectivity index (χ4v) is 1.99. The van der Waals surface area contributed by atoms with Crippen molar-refractivity contribution in [3.05, 3.63) is 0 Å². The molecule has 0 aromatic rings. The molecule has 0 spiro atoms. The average Bonchev–Trinajstić information content (AvgIpc) is 2.19. The van der Waals surface area contributed by atoms with Crippen molar-refractivity contribution in [3.63, 3.8) is 0 Å². The number of ether oxygens (including phenoxy) is 1. The molecule has 1 rings (SSSR count). The van der Waals surface area contributed by atoms with Gasteiger partial charge in [-0.2, -0.15) is 0 Å². The molecule has 1 fully saturated rings. The van der Waals surface area contributed by atoms with Gasteiger partial charge in [0.25, 0.3) is 0 Å². The lowest BCUT2D eigenvalue weighted by atomic mass is 9.97. The van der Waals surface area contributed by atoms with E-state index in [0.717, 1.165) is 32.5 Å². The molecule has 0 bridgehead atoms. The molecule has 1 heterocycles. The summed E-state index contributed by atoms with van der Waals surface area (Å²) in [6.07, 6.45) is -2.40. The van der Waals surface area contributed by atoms with E-state index < -0.39 is 6.36 Å². The molecule has 1 N–H and O–H groups in total. The maximum absolute atomic E-state index is 11.7. The molecular weight excluding hydrogens is 221 g/mol. The summed E-state index contributed by atoms with van der Waals surface area (Å²) >= 11 is 0.